The average molecular weight is 329 g/mol. The predicted molar refractivity (Wildman–Crippen MR) is 89.4 cm³/mol. The summed E-state index contributed by atoms with van der Waals surface area (Å²) in [5, 5.41) is 7.51. The van der Waals surface area contributed by atoms with Crippen LogP contribution in [0.1, 0.15) is 32.6 Å². The highest BCUT2D eigenvalue weighted by molar-refractivity contribution is 5.77. The average Bonchev–Trinajstić information content (AvgIpc) is 3.14. The van der Waals surface area contributed by atoms with Gasteiger partial charge in [-0.25, -0.2) is 0 Å². The van der Waals surface area contributed by atoms with Crippen LogP contribution in [0.25, 0.3) is 11.5 Å². The fourth-order valence-corrected chi connectivity index (χ4v) is 3.30. The summed E-state index contributed by atoms with van der Waals surface area (Å²) in [5.41, 5.74) is 0.819. The lowest BCUT2D eigenvalue weighted by atomic mass is 9.85. The second-order valence-electron chi connectivity index (χ2n) is 6.39. The number of amides is 1. The van der Waals surface area contributed by atoms with E-state index in [0.717, 1.165) is 12.0 Å². The lowest BCUT2D eigenvalue weighted by molar-refractivity contribution is -0.135. The van der Waals surface area contributed by atoms with Gasteiger partial charge in [-0.1, -0.05) is 19.8 Å². The second-order valence-corrected chi connectivity index (χ2v) is 6.39. The van der Waals surface area contributed by atoms with Gasteiger partial charge < -0.3 is 14.1 Å². The molecule has 0 radical (unpaired) electrons. The largest absolute Gasteiger partial charge is 0.484 e. The maximum Gasteiger partial charge on any atom is 0.260 e. The molecular formula is C18H23N3O3. The standard InChI is InChI=1S/C18H23N3O3/c1-13-5-3-4-6-16(13)21(2)17(22)11-23-15-9-7-14(8-10-15)18-20-19-12-24-18/h7-10,12-13,16H,3-6,11H2,1-2H3/t13-,16+/m1/s1. The maximum atomic E-state index is 12.4. The van der Waals surface area contributed by atoms with Gasteiger partial charge in [0.05, 0.1) is 0 Å². The SMILES string of the molecule is C[C@@H]1CCCC[C@@H]1N(C)C(=O)COc1ccc(-c2nnco2)cc1. The smallest absolute Gasteiger partial charge is 0.260 e. The molecule has 2 aromatic rings. The maximum absolute atomic E-state index is 12.4. The Hall–Kier alpha value is -2.37. The minimum absolute atomic E-state index is 0.0229. The third-order valence-electron chi connectivity index (χ3n) is 4.78. The van der Waals surface area contributed by atoms with Crippen molar-refractivity contribution in [1.82, 2.24) is 15.1 Å². The lowest BCUT2D eigenvalue weighted by Crippen LogP contribution is -2.44. The van der Waals surface area contributed by atoms with Gasteiger partial charge >= 0.3 is 0 Å². The Morgan fingerprint density at radius 2 is 2.04 bits per heavy atom. The molecule has 0 bridgehead atoms. The zero-order valence-corrected chi connectivity index (χ0v) is 14.1. The molecule has 0 N–H and O–H groups in total. The van der Waals surface area contributed by atoms with Crippen LogP contribution in [-0.2, 0) is 4.79 Å². The summed E-state index contributed by atoms with van der Waals surface area (Å²) in [7, 11) is 1.89. The van der Waals surface area contributed by atoms with E-state index >= 15 is 0 Å². The van der Waals surface area contributed by atoms with Gasteiger partial charge in [-0.3, -0.25) is 4.79 Å². The highest BCUT2D eigenvalue weighted by atomic mass is 16.5. The Bertz CT molecular complexity index is 655. The van der Waals surface area contributed by atoms with Crippen molar-refractivity contribution in [2.45, 2.75) is 38.6 Å². The first kappa shape index (κ1) is 16.5. The van der Waals surface area contributed by atoms with E-state index in [1.165, 1.54) is 25.7 Å². The zero-order valence-electron chi connectivity index (χ0n) is 14.1. The minimum atomic E-state index is 0.0229. The van der Waals surface area contributed by atoms with Gasteiger partial charge in [0.15, 0.2) is 6.61 Å². The Labute approximate surface area is 141 Å². The number of nitrogens with zero attached hydrogens (tertiary/aromatic N) is 3. The van der Waals surface area contributed by atoms with Crippen LogP contribution >= 0.6 is 0 Å². The second kappa shape index (κ2) is 7.47. The van der Waals surface area contributed by atoms with Crippen molar-refractivity contribution in [3.63, 3.8) is 0 Å². The number of hydrogen-bond acceptors (Lipinski definition) is 5. The van der Waals surface area contributed by atoms with Gasteiger partial charge in [-0.2, -0.15) is 0 Å². The lowest BCUT2D eigenvalue weighted by Gasteiger charge is -2.36. The predicted octanol–water partition coefficient (Wildman–Crippen LogP) is 3.15. The van der Waals surface area contributed by atoms with E-state index in [1.54, 1.807) is 12.1 Å². The number of hydrogen-bond donors (Lipinski definition) is 0. The molecule has 0 saturated heterocycles. The van der Waals surface area contributed by atoms with Crippen LogP contribution in [0.2, 0.25) is 0 Å². The van der Waals surface area contributed by atoms with Gasteiger partial charge in [0.25, 0.3) is 5.91 Å². The number of ether oxygens (including phenoxy) is 1. The molecule has 1 aromatic carbocycles. The Kier molecular flexibility index (Phi) is 5.13. The topological polar surface area (TPSA) is 68.5 Å². The van der Waals surface area contributed by atoms with Crippen molar-refractivity contribution >= 4 is 5.91 Å². The normalized spacial score (nSPS) is 20.6. The third kappa shape index (κ3) is 3.75. The first-order chi connectivity index (χ1) is 11.6. The molecule has 0 aliphatic heterocycles. The van der Waals surface area contributed by atoms with Gasteiger partial charge in [0.1, 0.15) is 5.75 Å². The third-order valence-corrected chi connectivity index (χ3v) is 4.78. The molecule has 6 nitrogen and oxygen atoms in total. The van der Waals surface area contributed by atoms with E-state index in [4.69, 9.17) is 9.15 Å². The monoisotopic (exact) mass is 329 g/mol. The molecule has 2 atom stereocenters. The molecule has 1 fully saturated rings. The summed E-state index contributed by atoms with van der Waals surface area (Å²) in [6.07, 6.45) is 6.04. The van der Waals surface area contributed by atoms with Gasteiger partial charge in [0.2, 0.25) is 12.3 Å². The van der Waals surface area contributed by atoms with Crippen LogP contribution < -0.4 is 4.74 Å². The van der Waals surface area contributed by atoms with E-state index < -0.39 is 0 Å². The number of aromatic nitrogens is 2. The first-order valence-electron chi connectivity index (χ1n) is 8.40. The van der Waals surface area contributed by atoms with Crippen LogP contribution in [0.3, 0.4) is 0 Å². The number of likely N-dealkylation sites (N-methyl/N-ethyl adjacent to an activating group) is 1. The molecule has 1 amide bonds. The first-order valence-corrected chi connectivity index (χ1v) is 8.40. The summed E-state index contributed by atoms with van der Waals surface area (Å²) >= 11 is 0. The molecule has 1 saturated carbocycles. The van der Waals surface area contributed by atoms with Crippen molar-refractivity contribution in [3.05, 3.63) is 30.7 Å². The summed E-state index contributed by atoms with van der Waals surface area (Å²) in [6.45, 7) is 2.28. The quantitative estimate of drug-likeness (QED) is 0.843. The molecule has 1 heterocycles. The molecule has 24 heavy (non-hydrogen) atoms. The van der Waals surface area contributed by atoms with E-state index in [2.05, 4.69) is 17.1 Å². The summed E-state index contributed by atoms with van der Waals surface area (Å²) < 4.78 is 10.8. The van der Waals surface area contributed by atoms with E-state index in [1.807, 2.05) is 24.1 Å². The van der Waals surface area contributed by atoms with Crippen molar-refractivity contribution < 1.29 is 13.9 Å². The molecule has 6 heteroatoms. The van der Waals surface area contributed by atoms with Gasteiger partial charge in [-0.05, 0) is 43.0 Å². The van der Waals surface area contributed by atoms with E-state index in [0.29, 0.717) is 23.6 Å². The molecule has 1 aromatic heterocycles. The molecule has 1 aliphatic rings. The summed E-state index contributed by atoms with van der Waals surface area (Å²) in [5.74, 6) is 1.69. The molecule has 3 rings (SSSR count). The molecule has 1 aliphatic carbocycles. The van der Waals surface area contributed by atoms with Gasteiger partial charge in [-0.15, -0.1) is 10.2 Å². The van der Waals surface area contributed by atoms with E-state index in [-0.39, 0.29) is 12.5 Å². The number of carbonyl (C=O) groups is 1. The molecule has 0 unspecified atom stereocenters. The van der Waals surface area contributed by atoms with Crippen LogP contribution in [-0.4, -0.2) is 40.7 Å². The van der Waals surface area contributed by atoms with Crippen LogP contribution in [0.4, 0.5) is 0 Å². The molecule has 128 valence electrons. The summed E-state index contributed by atoms with van der Waals surface area (Å²) in [6, 6.07) is 7.60. The Balaban J connectivity index is 1.54. The molecular weight excluding hydrogens is 306 g/mol. The van der Waals surface area contributed by atoms with Gasteiger partial charge in [0, 0.05) is 18.7 Å². The van der Waals surface area contributed by atoms with E-state index in [9.17, 15) is 4.79 Å². The molecule has 0 spiro atoms. The minimum Gasteiger partial charge on any atom is -0.484 e. The number of carbonyl (C=O) groups excluding carboxylic acids is 1. The number of benzene rings is 1. The Morgan fingerprint density at radius 3 is 2.71 bits per heavy atom. The fraction of sp³-hybridized carbons (Fsp3) is 0.500. The Morgan fingerprint density at radius 1 is 1.29 bits per heavy atom. The van der Waals surface area contributed by atoms with Crippen LogP contribution in [0, 0.1) is 5.92 Å². The van der Waals surface area contributed by atoms with Crippen molar-refractivity contribution in [3.8, 4) is 17.2 Å². The number of rotatable bonds is 5. The highest BCUT2D eigenvalue weighted by Gasteiger charge is 2.27. The zero-order chi connectivity index (χ0) is 16.9. The van der Waals surface area contributed by atoms with Crippen molar-refractivity contribution in [2.24, 2.45) is 5.92 Å². The summed E-state index contributed by atoms with van der Waals surface area (Å²) in [4.78, 5) is 14.2. The fourth-order valence-electron chi connectivity index (χ4n) is 3.30. The van der Waals surface area contributed by atoms with Crippen LogP contribution in [0.5, 0.6) is 5.75 Å². The van der Waals surface area contributed by atoms with Crippen molar-refractivity contribution in [1.29, 1.82) is 0 Å². The van der Waals surface area contributed by atoms with Crippen molar-refractivity contribution in [2.75, 3.05) is 13.7 Å². The highest BCUT2D eigenvalue weighted by Crippen LogP contribution is 2.27. The van der Waals surface area contributed by atoms with Crippen LogP contribution in [0.15, 0.2) is 35.1 Å².